The van der Waals surface area contributed by atoms with Gasteiger partial charge in [0.1, 0.15) is 5.82 Å². The van der Waals surface area contributed by atoms with E-state index >= 15 is 0 Å². The van der Waals surface area contributed by atoms with Gasteiger partial charge in [-0.2, -0.15) is 0 Å². The molecule has 15 heavy (non-hydrogen) atoms. The van der Waals surface area contributed by atoms with Crippen LogP contribution in [0.1, 0.15) is 5.69 Å². The lowest BCUT2D eigenvalue weighted by Gasteiger charge is -2.05. The van der Waals surface area contributed by atoms with Gasteiger partial charge in [0.2, 0.25) is 0 Å². The van der Waals surface area contributed by atoms with Crippen molar-refractivity contribution in [2.75, 3.05) is 5.73 Å². The van der Waals surface area contributed by atoms with Gasteiger partial charge in [0, 0.05) is 5.56 Å². The maximum absolute atomic E-state index is 8.91. The van der Waals surface area contributed by atoms with E-state index in [9.17, 15) is 0 Å². The number of hydrogen-bond acceptors (Lipinski definition) is 3. The second-order valence-electron chi connectivity index (χ2n) is 3.26. The highest BCUT2D eigenvalue weighted by Gasteiger charge is 2.03. The predicted molar refractivity (Wildman–Crippen MR) is 60.0 cm³/mol. The number of pyridine rings is 1. The summed E-state index contributed by atoms with van der Waals surface area (Å²) in [4.78, 5) is 4.10. The molecular weight excluding hydrogens is 188 g/mol. The van der Waals surface area contributed by atoms with Gasteiger partial charge in [0.05, 0.1) is 12.3 Å². The van der Waals surface area contributed by atoms with Gasteiger partial charge in [0.25, 0.3) is 0 Å². The zero-order valence-electron chi connectivity index (χ0n) is 8.22. The third-order valence-corrected chi connectivity index (χ3v) is 2.23. The van der Waals surface area contributed by atoms with E-state index in [4.69, 9.17) is 10.8 Å². The fourth-order valence-electron chi connectivity index (χ4n) is 1.47. The largest absolute Gasteiger partial charge is 0.390 e. The molecule has 1 aromatic heterocycles. The monoisotopic (exact) mass is 200 g/mol. The van der Waals surface area contributed by atoms with E-state index in [1.807, 2.05) is 36.4 Å². The second-order valence-corrected chi connectivity index (χ2v) is 3.26. The first kappa shape index (κ1) is 9.68. The number of hydrogen-bond donors (Lipinski definition) is 2. The SMILES string of the molecule is Nc1nc(CO)ccc1-c1ccccc1. The lowest BCUT2D eigenvalue weighted by molar-refractivity contribution is 0.277. The number of anilines is 1. The molecule has 0 aliphatic heterocycles. The normalized spacial score (nSPS) is 10.2. The molecule has 1 aromatic carbocycles. The molecule has 0 saturated carbocycles. The van der Waals surface area contributed by atoms with E-state index in [1.165, 1.54) is 0 Å². The zero-order chi connectivity index (χ0) is 10.7. The van der Waals surface area contributed by atoms with Crippen LogP contribution in [0, 0.1) is 0 Å². The summed E-state index contributed by atoms with van der Waals surface area (Å²) in [5, 5.41) is 8.91. The smallest absolute Gasteiger partial charge is 0.131 e. The first-order chi connectivity index (χ1) is 7.31. The van der Waals surface area contributed by atoms with Crippen LogP contribution >= 0.6 is 0 Å². The Hall–Kier alpha value is -1.87. The molecule has 0 aliphatic carbocycles. The van der Waals surface area contributed by atoms with Crippen molar-refractivity contribution in [3.63, 3.8) is 0 Å². The summed E-state index contributed by atoms with van der Waals surface area (Å²) < 4.78 is 0. The van der Waals surface area contributed by atoms with Crippen LogP contribution in [0.25, 0.3) is 11.1 Å². The second kappa shape index (κ2) is 4.11. The highest BCUT2D eigenvalue weighted by atomic mass is 16.3. The first-order valence-electron chi connectivity index (χ1n) is 4.73. The van der Waals surface area contributed by atoms with E-state index in [2.05, 4.69) is 4.98 Å². The summed E-state index contributed by atoms with van der Waals surface area (Å²) in [6.07, 6.45) is 0. The average Bonchev–Trinajstić information content (AvgIpc) is 2.30. The molecule has 1 heterocycles. The Morgan fingerprint density at radius 3 is 2.40 bits per heavy atom. The van der Waals surface area contributed by atoms with Crippen molar-refractivity contribution in [2.45, 2.75) is 6.61 Å². The van der Waals surface area contributed by atoms with Crippen LogP contribution < -0.4 is 5.73 Å². The lowest BCUT2D eigenvalue weighted by atomic mass is 10.1. The topological polar surface area (TPSA) is 59.1 Å². The van der Waals surface area contributed by atoms with Crippen LogP contribution in [-0.4, -0.2) is 10.1 Å². The summed E-state index contributed by atoms with van der Waals surface area (Å²) in [5.41, 5.74) is 8.33. The maximum Gasteiger partial charge on any atom is 0.131 e. The number of aromatic nitrogens is 1. The lowest BCUT2D eigenvalue weighted by Crippen LogP contribution is -1.98. The molecule has 0 bridgehead atoms. The van der Waals surface area contributed by atoms with Gasteiger partial charge in [0.15, 0.2) is 0 Å². The first-order valence-corrected chi connectivity index (χ1v) is 4.73. The summed E-state index contributed by atoms with van der Waals surface area (Å²) in [7, 11) is 0. The standard InChI is InChI=1S/C12H12N2O/c13-12-11(7-6-10(8-15)14-12)9-4-2-1-3-5-9/h1-7,15H,8H2,(H2,13,14). The van der Waals surface area contributed by atoms with E-state index in [0.29, 0.717) is 11.5 Å². The van der Waals surface area contributed by atoms with Crippen LogP contribution in [0.3, 0.4) is 0 Å². The van der Waals surface area contributed by atoms with Crippen molar-refractivity contribution in [1.29, 1.82) is 0 Å². The molecule has 0 amide bonds. The van der Waals surface area contributed by atoms with E-state index in [0.717, 1.165) is 11.1 Å². The quantitative estimate of drug-likeness (QED) is 0.777. The van der Waals surface area contributed by atoms with Crippen LogP contribution in [0.15, 0.2) is 42.5 Å². The van der Waals surface area contributed by atoms with Gasteiger partial charge in [-0.05, 0) is 17.7 Å². The minimum Gasteiger partial charge on any atom is -0.390 e. The third kappa shape index (κ3) is 1.97. The van der Waals surface area contributed by atoms with Gasteiger partial charge >= 0.3 is 0 Å². The Morgan fingerprint density at radius 1 is 1.07 bits per heavy atom. The van der Waals surface area contributed by atoms with E-state index in [1.54, 1.807) is 6.07 Å². The van der Waals surface area contributed by atoms with Crippen molar-refractivity contribution in [3.8, 4) is 11.1 Å². The molecule has 3 N–H and O–H groups in total. The molecular formula is C12H12N2O. The van der Waals surface area contributed by atoms with Crippen molar-refractivity contribution in [2.24, 2.45) is 0 Å². The Balaban J connectivity index is 2.46. The highest BCUT2D eigenvalue weighted by Crippen LogP contribution is 2.23. The van der Waals surface area contributed by atoms with Crippen molar-refractivity contribution in [3.05, 3.63) is 48.2 Å². The molecule has 76 valence electrons. The summed E-state index contributed by atoms with van der Waals surface area (Å²) in [5.74, 6) is 0.452. The number of rotatable bonds is 2. The number of nitrogens with zero attached hydrogens (tertiary/aromatic N) is 1. The van der Waals surface area contributed by atoms with Crippen LogP contribution in [0.4, 0.5) is 5.82 Å². The molecule has 0 saturated heterocycles. The van der Waals surface area contributed by atoms with Gasteiger partial charge in [-0.25, -0.2) is 4.98 Å². The summed E-state index contributed by atoms with van der Waals surface area (Å²) >= 11 is 0. The summed E-state index contributed by atoms with van der Waals surface area (Å²) in [6.45, 7) is -0.0841. The van der Waals surface area contributed by atoms with Gasteiger partial charge in [-0.15, -0.1) is 0 Å². The summed E-state index contributed by atoms with van der Waals surface area (Å²) in [6, 6.07) is 13.5. The Bertz CT molecular complexity index is 454. The predicted octanol–water partition coefficient (Wildman–Crippen LogP) is 1.82. The third-order valence-electron chi connectivity index (χ3n) is 2.23. The van der Waals surface area contributed by atoms with E-state index in [-0.39, 0.29) is 6.61 Å². The fourth-order valence-corrected chi connectivity index (χ4v) is 1.47. The van der Waals surface area contributed by atoms with Crippen LogP contribution in [-0.2, 0) is 6.61 Å². The molecule has 0 radical (unpaired) electrons. The Labute approximate surface area is 88.2 Å². The minimum atomic E-state index is -0.0841. The number of benzene rings is 1. The van der Waals surface area contributed by atoms with Gasteiger partial charge < -0.3 is 10.8 Å². The highest BCUT2D eigenvalue weighted by molar-refractivity contribution is 5.73. The molecule has 0 spiro atoms. The number of nitrogen functional groups attached to an aromatic ring is 1. The molecule has 2 aromatic rings. The molecule has 3 heteroatoms. The van der Waals surface area contributed by atoms with Crippen LogP contribution in [0.2, 0.25) is 0 Å². The Kier molecular flexibility index (Phi) is 2.65. The zero-order valence-corrected chi connectivity index (χ0v) is 8.22. The Morgan fingerprint density at radius 2 is 1.80 bits per heavy atom. The van der Waals surface area contributed by atoms with Crippen molar-refractivity contribution >= 4 is 5.82 Å². The molecule has 3 nitrogen and oxygen atoms in total. The maximum atomic E-state index is 8.91. The minimum absolute atomic E-state index is 0.0841. The molecule has 0 unspecified atom stereocenters. The van der Waals surface area contributed by atoms with Gasteiger partial charge in [-0.1, -0.05) is 30.3 Å². The van der Waals surface area contributed by atoms with Crippen molar-refractivity contribution < 1.29 is 5.11 Å². The molecule has 2 rings (SSSR count). The number of nitrogens with two attached hydrogens (primary N) is 1. The van der Waals surface area contributed by atoms with E-state index < -0.39 is 0 Å². The average molecular weight is 200 g/mol. The molecule has 0 aliphatic rings. The van der Waals surface area contributed by atoms with Crippen LogP contribution in [0.5, 0.6) is 0 Å². The molecule has 0 fully saturated rings. The fraction of sp³-hybridized carbons (Fsp3) is 0.0833. The van der Waals surface area contributed by atoms with Crippen molar-refractivity contribution in [1.82, 2.24) is 4.98 Å². The van der Waals surface area contributed by atoms with Gasteiger partial charge in [-0.3, -0.25) is 0 Å². The molecule has 0 atom stereocenters. The number of aliphatic hydroxyl groups excluding tert-OH is 1. The number of aliphatic hydroxyl groups is 1.